The van der Waals surface area contributed by atoms with Gasteiger partial charge in [0.2, 0.25) is 5.91 Å². The van der Waals surface area contributed by atoms with E-state index in [0.29, 0.717) is 30.8 Å². The van der Waals surface area contributed by atoms with E-state index in [2.05, 4.69) is 50.1 Å². The van der Waals surface area contributed by atoms with E-state index in [1.54, 1.807) is 0 Å². The highest BCUT2D eigenvalue weighted by atomic mass is 16.2. The molecule has 0 radical (unpaired) electrons. The number of allylic oxidation sites excluding steroid dienone is 1. The number of nitrogens with zero attached hydrogens (tertiary/aromatic N) is 1. The van der Waals surface area contributed by atoms with Crippen molar-refractivity contribution in [2.45, 2.75) is 46.1 Å². The number of amides is 1. The Bertz CT molecular complexity index is 626. The fraction of sp³-hybridized carbons (Fsp3) is 0.625. The van der Waals surface area contributed by atoms with E-state index >= 15 is 0 Å². The van der Waals surface area contributed by atoms with Gasteiger partial charge in [0.05, 0.1) is 12.6 Å². The maximum Gasteiger partial charge on any atom is 0.234 e. The lowest BCUT2D eigenvalue weighted by Gasteiger charge is -2.39. The second kappa shape index (κ2) is 10.7. The Morgan fingerprint density at radius 3 is 2.50 bits per heavy atom. The number of hydrogen-bond donors (Lipinski definition) is 2. The van der Waals surface area contributed by atoms with Gasteiger partial charge in [0.1, 0.15) is 0 Å². The van der Waals surface area contributed by atoms with Gasteiger partial charge in [-0.3, -0.25) is 4.79 Å². The highest BCUT2D eigenvalue weighted by molar-refractivity contribution is 5.78. The molecule has 0 aromatic heterocycles. The van der Waals surface area contributed by atoms with Crippen molar-refractivity contribution in [1.29, 1.82) is 0 Å². The van der Waals surface area contributed by atoms with Gasteiger partial charge in [-0.15, -0.1) is 0 Å². The van der Waals surface area contributed by atoms with Crippen LogP contribution in [0.1, 0.15) is 51.6 Å². The molecule has 28 heavy (non-hydrogen) atoms. The van der Waals surface area contributed by atoms with E-state index < -0.39 is 0 Å². The van der Waals surface area contributed by atoms with Crippen LogP contribution < -0.4 is 10.6 Å². The van der Waals surface area contributed by atoms with E-state index in [9.17, 15) is 4.79 Å². The second-order valence-electron chi connectivity index (χ2n) is 9.11. The van der Waals surface area contributed by atoms with Crippen molar-refractivity contribution in [3.63, 3.8) is 0 Å². The Balaban J connectivity index is 2.04. The van der Waals surface area contributed by atoms with Crippen LogP contribution in [-0.4, -0.2) is 38.0 Å². The molecule has 2 rings (SSSR count). The third-order valence-electron chi connectivity index (χ3n) is 6.00. The summed E-state index contributed by atoms with van der Waals surface area (Å²) >= 11 is 0. The minimum atomic E-state index is -0.0658. The van der Waals surface area contributed by atoms with Crippen LogP contribution in [0.15, 0.2) is 42.6 Å². The van der Waals surface area contributed by atoms with Crippen LogP contribution >= 0.6 is 0 Å². The zero-order valence-electron chi connectivity index (χ0n) is 18.4. The fourth-order valence-electron chi connectivity index (χ4n) is 4.43. The minimum Gasteiger partial charge on any atom is -0.386 e. The van der Waals surface area contributed by atoms with E-state index in [1.807, 2.05) is 37.2 Å². The van der Waals surface area contributed by atoms with Gasteiger partial charge >= 0.3 is 0 Å². The van der Waals surface area contributed by atoms with Gasteiger partial charge in [0, 0.05) is 18.2 Å². The quantitative estimate of drug-likeness (QED) is 0.669. The Labute approximate surface area is 171 Å². The number of benzene rings is 1. The lowest BCUT2D eigenvalue weighted by molar-refractivity contribution is -0.122. The van der Waals surface area contributed by atoms with Gasteiger partial charge in [0.25, 0.3) is 0 Å². The lowest BCUT2D eigenvalue weighted by atomic mass is 9.69. The first-order chi connectivity index (χ1) is 13.3. The summed E-state index contributed by atoms with van der Waals surface area (Å²) in [6.45, 7) is 12.5. The monoisotopic (exact) mass is 385 g/mol. The van der Waals surface area contributed by atoms with E-state index in [-0.39, 0.29) is 11.9 Å². The standard InChI is InChI=1S/C24H39N3O/c1-17(2)21-13-12-18(3)14-22(21)19(4)25-15-23(20-10-8-7-9-11-20)26-24(28)16-27(5)6/h7-11,17-18,21-23,25H,4,12-16H2,1-3,5-6H3,(H,26,28)/t18?,21-,22?,23?/m0/s1. The molecule has 0 saturated heterocycles. The lowest BCUT2D eigenvalue weighted by Crippen LogP contribution is -2.41. The van der Waals surface area contributed by atoms with Gasteiger partial charge < -0.3 is 15.5 Å². The molecule has 3 unspecified atom stereocenters. The third-order valence-corrected chi connectivity index (χ3v) is 6.00. The first-order valence-electron chi connectivity index (χ1n) is 10.7. The summed E-state index contributed by atoms with van der Waals surface area (Å²) < 4.78 is 0. The molecule has 1 aromatic carbocycles. The normalized spacial score (nSPS) is 23.5. The summed E-state index contributed by atoms with van der Waals surface area (Å²) in [4.78, 5) is 14.3. The van der Waals surface area contributed by atoms with Gasteiger partial charge in [0.15, 0.2) is 0 Å². The molecular weight excluding hydrogens is 346 g/mol. The molecular formula is C24H39N3O. The summed E-state index contributed by atoms with van der Waals surface area (Å²) in [5.41, 5.74) is 2.25. The first kappa shape index (κ1) is 22.5. The topological polar surface area (TPSA) is 44.4 Å². The molecule has 1 saturated carbocycles. The molecule has 4 nitrogen and oxygen atoms in total. The maximum atomic E-state index is 12.4. The fourth-order valence-corrected chi connectivity index (χ4v) is 4.43. The van der Waals surface area contributed by atoms with Gasteiger partial charge in [-0.05, 0) is 50.3 Å². The number of hydrogen-bond acceptors (Lipinski definition) is 3. The van der Waals surface area contributed by atoms with Crippen molar-refractivity contribution in [2.24, 2.45) is 23.7 Å². The van der Waals surface area contributed by atoms with Gasteiger partial charge in [-0.2, -0.15) is 0 Å². The molecule has 2 N–H and O–H groups in total. The summed E-state index contributed by atoms with van der Waals surface area (Å²) in [5, 5.41) is 6.77. The third kappa shape index (κ3) is 6.66. The van der Waals surface area contributed by atoms with Crippen molar-refractivity contribution >= 4 is 5.91 Å². The summed E-state index contributed by atoms with van der Waals surface area (Å²) in [6, 6.07) is 10.1. The Hall–Kier alpha value is -1.81. The van der Waals surface area contributed by atoms with Crippen molar-refractivity contribution < 1.29 is 4.79 Å². The van der Waals surface area contributed by atoms with Gasteiger partial charge in [-0.1, -0.05) is 64.1 Å². The van der Waals surface area contributed by atoms with Crippen LogP contribution in [0, 0.1) is 23.7 Å². The molecule has 4 atom stereocenters. The number of likely N-dealkylation sites (N-methyl/N-ethyl adjacent to an activating group) is 1. The van der Waals surface area contributed by atoms with Crippen LogP contribution in [0.4, 0.5) is 0 Å². The average Bonchev–Trinajstić information content (AvgIpc) is 2.64. The molecule has 1 fully saturated rings. The molecule has 1 aromatic rings. The molecule has 1 aliphatic carbocycles. The maximum absolute atomic E-state index is 12.4. The summed E-state index contributed by atoms with van der Waals surface area (Å²) in [6.07, 6.45) is 3.81. The molecule has 0 bridgehead atoms. The molecule has 4 heteroatoms. The second-order valence-corrected chi connectivity index (χ2v) is 9.11. The average molecular weight is 386 g/mol. The highest BCUT2D eigenvalue weighted by Gasteiger charge is 2.32. The van der Waals surface area contributed by atoms with Crippen molar-refractivity contribution in [1.82, 2.24) is 15.5 Å². The molecule has 0 heterocycles. The highest BCUT2D eigenvalue weighted by Crippen LogP contribution is 2.40. The SMILES string of the molecule is C=C(NCC(NC(=O)CN(C)C)c1ccccc1)C1CC(C)CC[C@H]1C(C)C. The van der Waals surface area contributed by atoms with Crippen LogP contribution in [-0.2, 0) is 4.79 Å². The zero-order chi connectivity index (χ0) is 20.7. The largest absolute Gasteiger partial charge is 0.386 e. The summed E-state index contributed by atoms with van der Waals surface area (Å²) in [5.74, 6) is 2.66. The Kier molecular flexibility index (Phi) is 8.56. The van der Waals surface area contributed by atoms with Crippen molar-refractivity contribution in [3.8, 4) is 0 Å². The summed E-state index contributed by atoms with van der Waals surface area (Å²) in [7, 11) is 3.82. The van der Waals surface area contributed by atoms with Crippen LogP contribution in [0.25, 0.3) is 0 Å². The number of rotatable bonds is 9. The molecule has 1 aliphatic rings. The number of carbonyl (C=O) groups excluding carboxylic acids is 1. The van der Waals surface area contributed by atoms with Crippen LogP contribution in [0.2, 0.25) is 0 Å². The smallest absolute Gasteiger partial charge is 0.234 e. The predicted molar refractivity (Wildman–Crippen MR) is 118 cm³/mol. The van der Waals surface area contributed by atoms with Gasteiger partial charge in [-0.25, -0.2) is 0 Å². The van der Waals surface area contributed by atoms with E-state index in [1.165, 1.54) is 19.3 Å². The Morgan fingerprint density at radius 2 is 1.89 bits per heavy atom. The molecule has 0 aliphatic heterocycles. The van der Waals surface area contributed by atoms with Crippen molar-refractivity contribution in [3.05, 3.63) is 48.2 Å². The van der Waals surface area contributed by atoms with E-state index in [0.717, 1.165) is 17.2 Å². The molecule has 156 valence electrons. The van der Waals surface area contributed by atoms with Crippen LogP contribution in [0.5, 0.6) is 0 Å². The predicted octanol–water partition coefficient (Wildman–Crippen LogP) is 4.22. The van der Waals surface area contributed by atoms with Crippen LogP contribution in [0.3, 0.4) is 0 Å². The van der Waals surface area contributed by atoms with Crippen molar-refractivity contribution in [2.75, 3.05) is 27.2 Å². The first-order valence-corrected chi connectivity index (χ1v) is 10.7. The van der Waals surface area contributed by atoms with E-state index in [4.69, 9.17) is 0 Å². The number of nitrogens with one attached hydrogen (secondary N) is 2. The Morgan fingerprint density at radius 1 is 1.21 bits per heavy atom. The molecule has 0 spiro atoms. The zero-order valence-corrected chi connectivity index (χ0v) is 18.4. The minimum absolute atomic E-state index is 0.0395. The molecule has 1 amide bonds. The number of carbonyl (C=O) groups is 1.